The predicted octanol–water partition coefficient (Wildman–Crippen LogP) is 0.477. The molecule has 278 valence electrons. The van der Waals surface area contributed by atoms with Gasteiger partial charge in [0.2, 0.25) is 0 Å². The van der Waals surface area contributed by atoms with E-state index in [0.29, 0.717) is 144 Å². The summed E-state index contributed by atoms with van der Waals surface area (Å²) in [7, 11) is 0. The first-order chi connectivity index (χ1) is 23.6. The SMILES string of the molecule is [N-]=[N+]=NCCOCCOCCOCCOCCOCCOCCOCCOCCOCCOCCOCCC(=O)ON1C(=O)CCC1=O. The molecule has 1 aliphatic rings. The summed E-state index contributed by atoms with van der Waals surface area (Å²) < 4.78 is 59.2. The van der Waals surface area contributed by atoms with Gasteiger partial charge in [-0.3, -0.25) is 9.59 Å². The molecule has 0 spiro atoms. The van der Waals surface area contributed by atoms with Crippen LogP contribution >= 0.6 is 0 Å². The highest BCUT2D eigenvalue weighted by Crippen LogP contribution is 2.12. The van der Waals surface area contributed by atoms with Crippen LogP contribution in [0.5, 0.6) is 0 Å². The molecule has 48 heavy (non-hydrogen) atoms. The molecule has 0 unspecified atom stereocenters. The first kappa shape index (κ1) is 43.5. The molecule has 0 aromatic carbocycles. The quantitative estimate of drug-likeness (QED) is 0.0284. The number of hydrogen-bond donors (Lipinski definition) is 0. The highest BCUT2D eigenvalue weighted by molar-refractivity contribution is 6.01. The molecule has 0 saturated carbocycles. The Bertz CT molecular complexity index is 835. The van der Waals surface area contributed by atoms with Crippen LogP contribution in [0.4, 0.5) is 0 Å². The van der Waals surface area contributed by atoms with E-state index in [0.717, 1.165) is 0 Å². The predicted molar refractivity (Wildman–Crippen MR) is 165 cm³/mol. The summed E-state index contributed by atoms with van der Waals surface area (Å²) in [5.74, 6) is -1.73. The maximum absolute atomic E-state index is 11.6. The van der Waals surface area contributed by atoms with E-state index >= 15 is 0 Å². The average Bonchev–Trinajstić information content (AvgIpc) is 3.40. The second-order valence-corrected chi connectivity index (χ2v) is 9.49. The Morgan fingerprint density at radius 2 is 0.771 bits per heavy atom. The number of carbonyl (C=O) groups excluding carboxylic acids is 3. The molecule has 0 N–H and O–H groups in total. The minimum absolute atomic E-state index is 0.0568. The molecule has 1 aliphatic heterocycles. The summed E-state index contributed by atoms with van der Waals surface area (Å²) in [4.78, 5) is 41.8. The number of amides is 2. The van der Waals surface area contributed by atoms with Gasteiger partial charge in [-0.2, -0.15) is 0 Å². The van der Waals surface area contributed by atoms with Crippen molar-refractivity contribution in [3.8, 4) is 0 Å². The molecule has 0 aliphatic carbocycles. The van der Waals surface area contributed by atoms with Gasteiger partial charge in [0, 0.05) is 24.3 Å². The Morgan fingerprint density at radius 1 is 0.500 bits per heavy atom. The molecule has 1 rings (SSSR count). The van der Waals surface area contributed by atoms with Gasteiger partial charge < -0.3 is 56.9 Å². The third kappa shape index (κ3) is 28.5. The van der Waals surface area contributed by atoms with Gasteiger partial charge in [0.1, 0.15) is 0 Å². The van der Waals surface area contributed by atoms with E-state index in [9.17, 15) is 14.4 Å². The molecule has 0 aromatic heterocycles. The van der Waals surface area contributed by atoms with Crippen LogP contribution in [-0.4, -0.2) is 175 Å². The lowest BCUT2D eigenvalue weighted by molar-refractivity contribution is -0.198. The van der Waals surface area contributed by atoms with E-state index in [1.807, 2.05) is 0 Å². The topological polar surface area (TPSA) is 214 Å². The fourth-order valence-electron chi connectivity index (χ4n) is 3.41. The third-order valence-electron chi connectivity index (χ3n) is 5.77. The van der Waals surface area contributed by atoms with E-state index in [-0.39, 0.29) is 32.5 Å². The number of imide groups is 1. The van der Waals surface area contributed by atoms with Crippen molar-refractivity contribution in [1.82, 2.24) is 5.06 Å². The first-order valence-electron chi connectivity index (χ1n) is 16.1. The van der Waals surface area contributed by atoms with Gasteiger partial charge in [0.05, 0.1) is 152 Å². The molecule has 1 saturated heterocycles. The number of hydrogen-bond acceptors (Lipinski definition) is 16. The Balaban J connectivity index is 1.65. The zero-order valence-corrected chi connectivity index (χ0v) is 27.8. The second-order valence-electron chi connectivity index (χ2n) is 9.49. The van der Waals surface area contributed by atoms with E-state index in [4.69, 9.17) is 62.5 Å². The molecule has 0 radical (unpaired) electrons. The number of rotatable bonds is 37. The van der Waals surface area contributed by atoms with E-state index < -0.39 is 17.8 Å². The largest absolute Gasteiger partial charge is 0.379 e. The van der Waals surface area contributed by atoms with Gasteiger partial charge in [-0.1, -0.05) is 5.11 Å². The monoisotopic (exact) mass is 696 g/mol. The van der Waals surface area contributed by atoms with Crippen LogP contribution < -0.4 is 0 Å². The van der Waals surface area contributed by atoms with Gasteiger partial charge >= 0.3 is 5.97 Å². The number of ether oxygens (including phenoxy) is 11. The lowest BCUT2D eigenvalue weighted by Crippen LogP contribution is -2.32. The van der Waals surface area contributed by atoms with Crippen LogP contribution in [0, 0.1) is 0 Å². The molecule has 0 bridgehead atoms. The molecule has 19 heteroatoms. The molecular formula is C29H52N4O15. The van der Waals surface area contributed by atoms with Gasteiger partial charge in [-0.05, 0) is 5.53 Å². The minimum atomic E-state index is -0.702. The lowest BCUT2D eigenvalue weighted by atomic mass is 10.4. The average molecular weight is 697 g/mol. The number of nitrogens with zero attached hydrogens (tertiary/aromatic N) is 4. The normalized spacial score (nSPS) is 13.0. The molecule has 0 atom stereocenters. The van der Waals surface area contributed by atoms with Gasteiger partial charge in [0.15, 0.2) is 0 Å². The third-order valence-corrected chi connectivity index (χ3v) is 5.77. The second kappa shape index (κ2) is 34.3. The van der Waals surface area contributed by atoms with Crippen molar-refractivity contribution in [2.24, 2.45) is 5.11 Å². The molecule has 2 amide bonds. The van der Waals surface area contributed by atoms with Crippen molar-refractivity contribution in [2.45, 2.75) is 19.3 Å². The van der Waals surface area contributed by atoms with E-state index in [1.165, 1.54) is 0 Å². The fourth-order valence-corrected chi connectivity index (χ4v) is 3.41. The van der Waals surface area contributed by atoms with Crippen LogP contribution in [0.1, 0.15) is 19.3 Å². The van der Waals surface area contributed by atoms with Crippen LogP contribution in [-0.2, 0) is 71.3 Å². The minimum Gasteiger partial charge on any atom is -0.379 e. The highest BCUT2D eigenvalue weighted by Gasteiger charge is 2.32. The number of carbonyl (C=O) groups is 3. The molecule has 0 aromatic rings. The molecule has 1 heterocycles. The molecule has 19 nitrogen and oxygen atoms in total. The van der Waals surface area contributed by atoms with E-state index in [1.54, 1.807) is 0 Å². The Kier molecular flexibility index (Phi) is 31.1. The number of hydroxylamine groups is 2. The van der Waals surface area contributed by atoms with Crippen LogP contribution in [0.3, 0.4) is 0 Å². The lowest BCUT2D eigenvalue weighted by Gasteiger charge is -2.12. The first-order valence-corrected chi connectivity index (χ1v) is 16.1. The summed E-state index contributed by atoms with van der Waals surface area (Å²) in [5, 5.41) is 3.88. The molecular weight excluding hydrogens is 644 g/mol. The van der Waals surface area contributed by atoms with E-state index in [2.05, 4.69) is 10.0 Å². The fraction of sp³-hybridized carbons (Fsp3) is 0.897. The van der Waals surface area contributed by atoms with Crippen molar-refractivity contribution in [3.63, 3.8) is 0 Å². The Hall–Kier alpha value is -2.52. The van der Waals surface area contributed by atoms with Gasteiger partial charge in [0.25, 0.3) is 11.8 Å². The smallest absolute Gasteiger partial charge is 0.335 e. The highest BCUT2D eigenvalue weighted by atomic mass is 16.7. The summed E-state index contributed by atoms with van der Waals surface area (Å²) in [6, 6.07) is 0. The maximum atomic E-state index is 11.6. The maximum Gasteiger partial charge on any atom is 0.335 e. The Labute approximate surface area is 281 Å². The Morgan fingerprint density at radius 3 is 1.06 bits per heavy atom. The van der Waals surface area contributed by atoms with Crippen molar-refractivity contribution in [3.05, 3.63) is 10.4 Å². The zero-order chi connectivity index (χ0) is 34.6. The summed E-state index contributed by atoms with van der Waals surface area (Å²) in [5.41, 5.74) is 8.13. The number of azide groups is 1. The summed E-state index contributed by atoms with van der Waals surface area (Å²) >= 11 is 0. The van der Waals surface area contributed by atoms with Crippen molar-refractivity contribution in [1.29, 1.82) is 0 Å². The van der Waals surface area contributed by atoms with Gasteiger partial charge in [-0.15, -0.1) is 5.06 Å². The zero-order valence-electron chi connectivity index (χ0n) is 27.8. The van der Waals surface area contributed by atoms with Crippen LogP contribution in [0.15, 0.2) is 5.11 Å². The molecule has 1 fully saturated rings. The summed E-state index contributed by atoms with van der Waals surface area (Å²) in [6.07, 6.45) is 0.0368. The van der Waals surface area contributed by atoms with Crippen molar-refractivity contribution in [2.75, 3.05) is 152 Å². The van der Waals surface area contributed by atoms with Crippen LogP contribution in [0.2, 0.25) is 0 Å². The van der Waals surface area contributed by atoms with Gasteiger partial charge in [-0.25, -0.2) is 4.79 Å². The standard InChI is InChI=1S/C29H52N4O15/c30-32-31-4-6-38-8-10-40-12-14-42-16-18-44-20-22-46-24-26-47-25-23-45-21-19-43-17-15-41-13-11-39-9-7-37-5-3-29(36)48-33-27(34)1-2-28(33)35/h1-26H2. The van der Waals surface area contributed by atoms with Crippen LogP contribution in [0.25, 0.3) is 10.4 Å². The summed E-state index contributed by atoms with van der Waals surface area (Å²) in [6.45, 7) is 9.64. The van der Waals surface area contributed by atoms with Crippen molar-refractivity contribution >= 4 is 17.8 Å². The van der Waals surface area contributed by atoms with Crippen molar-refractivity contribution < 1.29 is 71.3 Å².